The van der Waals surface area contributed by atoms with Gasteiger partial charge in [-0.1, -0.05) is 18.9 Å². The molecule has 1 aliphatic rings. The third-order valence-corrected chi connectivity index (χ3v) is 3.94. The van der Waals surface area contributed by atoms with E-state index in [9.17, 15) is 17.6 Å². The molecule has 0 spiro atoms. The molecule has 1 fully saturated rings. The monoisotopic (exact) mass is 275 g/mol. The van der Waals surface area contributed by atoms with E-state index in [1.807, 2.05) is 0 Å². The normalized spacial score (nSPS) is 24.5. The predicted molar refractivity (Wildman–Crippen MR) is 65.2 cm³/mol. The summed E-state index contributed by atoms with van der Waals surface area (Å²) in [6.45, 7) is 0.462. The summed E-state index contributed by atoms with van der Waals surface area (Å²) in [5, 5.41) is 0. The predicted octanol–water partition coefficient (Wildman–Crippen LogP) is 4.08. The van der Waals surface area contributed by atoms with Gasteiger partial charge in [-0.2, -0.15) is 13.2 Å². The molecule has 5 heteroatoms. The van der Waals surface area contributed by atoms with Crippen LogP contribution in [0.2, 0.25) is 0 Å². The Balaban J connectivity index is 2.34. The summed E-state index contributed by atoms with van der Waals surface area (Å²) in [4.78, 5) is 0. The fraction of sp³-hybridized carbons (Fsp3) is 0.571. The number of benzene rings is 1. The van der Waals surface area contributed by atoms with Gasteiger partial charge in [-0.25, -0.2) is 4.39 Å². The Kier molecular flexibility index (Phi) is 4.13. The van der Waals surface area contributed by atoms with Crippen molar-refractivity contribution in [2.24, 2.45) is 11.7 Å². The SMILES string of the molecule is NCC1CCCCC1c1ccc(F)c(C(F)(F)F)c1. The first-order valence-corrected chi connectivity index (χ1v) is 6.50. The minimum atomic E-state index is -4.65. The van der Waals surface area contributed by atoms with Gasteiger partial charge in [0.25, 0.3) is 0 Å². The van der Waals surface area contributed by atoms with Gasteiger partial charge in [-0.15, -0.1) is 0 Å². The van der Waals surface area contributed by atoms with E-state index in [1.165, 1.54) is 6.07 Å². The Hall–Kier alpha value is -1.10. The van der Waals surface area contributed by atoms with Crippen molar-refractivity contribution in [2.75, 3.05) is 6.54 Å². The van der Waals surface area contributed by atoms with E-state index >= 15 is 0 Å². The second-order valence-corrected chi connectivity index (χ2v) is 5.12. The van der Waals surface area contributed by atoms with E-state index in [2.05, 4.69) is 0 Å². The lowest BCUT2D eigenvalue weighted by atomic mass is 9.75. The topological polar surface area (TPSA) is 26.0 Å². The molecule has 2 atom stereocenters. The molecule has 0 radical (unpaired) electrons. The molecule has 2 rings (SSSR count). The van der Waals surface area contributed by atoms with E-state index in [0.29, 0.717) is 12.1 Å². The summed E-state index contributed by atoms with van der Waals surface area (Å²) in [5.41, 5.74) is 5.07. The molecule has 0 bridgehead atoms. The van der Waals surface area contributed by atoms with Crippen LogP contribution in [0, 0.1) is 11.7 Å². The average molecular weight is 275 g/mol. The summed E-state index contributed by atoms with van der Waals surface area (Å²) in [7, 11) is 0. The first-order chi connectivity index (χ1) is 8.93. The summed E-state index contributed by atoms with van der Waals surface area (Å²) in [5.74, 6) is -1.00. The molecular weight excluding hydrogens is 258 g/mol. The van der Waals surface area contributed by atoms with Crippen LogP contribution in [0.25, 0.3) is 0 Å². The van der Waals surface area contributed by atoms with Crippen LogP contribution in [0.15, 0.2) is 18.2 Å². The highest BCUT2D eigenvalue weighted by molar-refractivity contribution is 5.30. The van der Waals surface area contributed by atoms with E-state index in [-0.39, 0.29) is 11.8 Å². The van der Waals surface area contributed by atoms with E-state index in [4.69, 9.17) is 5.73 Å². The van der Waals surface area contributed by atoms with Crippen LogP contribution in [-0.2, 0) is 6.18 Å². The van der Waals surface area contributed by atoms with Crippen molar-refractivity contribution in [3.05, 3.63) is 35.1 Å². The molecule has 19 heavy (non-hydrogen) atoms. The molecule has 0 amide bonds. The Labute approximate surface area is 109 Å². The molecule has 0 aliphatic heterocycles. The number of hydrogen-bond acceptors (Lipinski definition) is 1. The van der Waals surface area contributed by atoms with Crippen LogP contribution < -0.4 is 5.73 Å². The minimum Gasteiger partial charge on any atom is -0.330 e. The lowest BCUT2D eigenvalue weighted by molar-refractivity contribution is -0.140. The third kappa shape index (κ3) is 3.08. The third-order valence-electron chi connectivity index (χ3n) is 3.94. The highest BCUT2D eigenvalue weighted by atomic mass is 19.4. The van der Waals surface area contributed by atoms with E-state index < -0.39 is 17.6 Å². The molecule has 2 unspecified atom stereocenters. The van der Waals surface area contributed by atoms with Gasteiger partial charge >= 0.3 is 6.18 Å². The maximum Gasteiger partial charge on any atom is 0.419 e. The van der Waals surface area contributed by atoms with Crippen molar-refractivity contribution >= 4 is 0 Å². The van der Waals surface area contributed by atoms with E-state index in [0.717, 1.165) is 37.8 Å². The molecular formula is C14H17F4N. The van der Waals surface area contributed by atoms with Crippen LogP contribution in [0.5, 0.6) is 0 Å². The van der Waals surface area contributed by atoms with Crippen LogP contribution in [0.4, 0.5) is 17.6 Å². The molecule has 1 aliphatic carbocycles. The van der Waals surface area contributed by atoms with Gasteiger partial charge in [0.1, 0.15) is 5.82 Å². The van der Waals surface area contributed by atoms with Crippen LogP contribution in [0.3, 0.4) is 0 Å². The van der Waals surface area contributed by atoms with Crippen LogP contribution >= 0.6 is 0 Å². The van der Waals surface area contributed by atoms with Crippen molar-refractivity contribution in [1.82, 2.24) is 0 Å². The molecule has 1 saturated carbocycles. The maximum absolute atomic E-state index is 13.3. The zero-order valence-corrected chi connectivity index (χ0v) is 10.5. The lowest BCUT2D eigenvalue weighted by Gasteiger charge is -2.31. The molecule has 0 heterocycles. The van der Waals surface area contributed by atoms with Crippen molar-refractivity contribution in [2.45, 2.75) is 37.8 Å². The van der Waals surface area contributed by atoms with Crippen molar-refractivity contribution in [3.8, 4) is 0 Å². The molecule has 0 saturated heterocycles. The zero-order chi connectivity index (χ0) is 14.0. The molecule has 106 valence electrons. The van der Waals surface area contributed by atoms with Crippen molar-refractivity contribution in [3.63, 3.8) is 0 Å². The van der Waals surface area contributed by atoms with Gasteiger partial charge in [0.2, 0.25) is 0 Å². The zero-order valence-electron chi connectivity index (χ0n) is 10.5. The number of hydrogen-bond donors (Lipinski definition) is 1. The molecule has 1 nitrogen and oxygen atoms in total. The highest BCUT2D eigenvalue weighted by Crippen LogP contribution is 2.40. The summed E-state index contributed by atoms with van der Waals surface area (Å²) >= 11 is 0. The van der Waals surface area contributed by atoms with E-state index in [1.54, 1.807) is 0 Å². The molecule has 2 N–H and O–H groups in total. The number of halogens is 4. The second kappa shape index (κ2) is 5.49. The number of rotatable bonds is 2. The lowest BCUT2D eigenvalue weighted by Crippen LogP contribution is -2.25. The molecule has 1 aromatic rings. The minimum absolute atomic E-state index is 0.0143. The Bertz CT molecular complexity index is 442. The fourth-order valence-electron chi connectivity index (χ4n) is 2.92. The van der Waals surface area contributed by atoms with Gasteiger partial charge in [0.05, 0.1) is 5.56 Å². The van der Waals surface area contributed by atoms with Crippen molar-refractivity contribution in [1.29, 1.82) is 0 Å². The maximum atomic E-state index is 13.3. The Morgan fingerprint density at radius 2 is 1.84 bits per heavy atom. The standard InChI is InChI=1S/C14H17F4N/c15-13-6-5-9(7-12(13)14(16,17)18)11-4-2-1-3-10(11)8-19/h5-7,10-11H,1-4,8,19H2. The molecule has 0 aromatic heterocycles. The van der Waals surface area contributed by atoms with Gasteiger partial charge in [0.15, 0.2) is 0 Å². The van der Waals surface area contributed by atoms with Gasteiger partial charge in [-0.05, 0) is 48.9 Å². The first kappa shape index (κ1) is 14.3. The Morgan fingerprint density at radius 1 is 1.16 bits per heavy atom. The quantitative estimate of drug-likeness (QED) is 0.809. The average Bonchev–Trinajstić information content (AvgIpc) is 2.38. The summed E-state index contributed by atoms with van der Waals surface area (Å²) in [6.07, 6.45) is -0.844. The number of nitrogens with two attached hydrogens (primary N) is 1. The largest absolute Gasteiger partial charge is 0.419 e. The molecule has 1 aromatic carbocycles. The van der Waals surface area contributed by atoms with Gasteiger partial charge < -0.3 is 5.73 Å². The van der Waals surface area contributed by atoms with Gasteiger partial charge in [-0.3, -0.25) is 0 Å². The van der Waals surface area contributed by atoms with Crippen LogP contribution in [0.1, 0.15) is 42.7 Å². The van der Waals surface area contributed by atoms with Crippen molar-refractivity contribution < 1.29 is 17.6 Å². The Morgan fingerprint density at radius 3 is 2.47 bits per heavy atom. The van der Waals surface area contributed by atoms with Gasteiger partial charge in [0, 0.05) is 0 Å². The van der Waals surface area contributed by atoms with Crippen LogP contribution in [-0.4, -0.2) is 6.54 Å². The highest BCUT2D eigenvalue weighted by Gasteiger charge is 2.35. The number of alkyl halides is 3. The second-order valence-electron chi connectivity index (χ2n) is 5.12. The fourth-order valence-corrected chi connectivity index (χ4v) is 2.92. The summed E-state index contributed by atoms with van der Waals surface area (Å²) in [6, 6.07) is 3.33. The summed E-state index contributed by atoms with van der Waals surface area (Å²) < 4.78 is 51.4. The first-order valence-electron chi connectivity index (χ1n) is 6.50. The smallest absolute Gasteiger partial charge is 0.330 e.